The number of hydrogen-bond acceptors (Lipinski definition) is 1. The van der Waals surface area contributed by atoms with Crippen LogP contribution in [0.3, 0.4) is 0 Å². The number of halogens is 1. The Morgan fingerprint density at radius 1 is 1.00 bits per heavy atom. The lowest BCUT2D eigenvalue weighted by molar-refractivity contribution is 0.290. The smallest absolute Gasteiger partial charge is 0.195 e. The highest BCUT2D eigenvalue weighted by Gasteiger charge is 2.29. The summed E-state index contributed by atoms with van der Waals surface area (Å²) in [5, 5.41) is 8.48. The molecule has 0 aromatic heterocycles. The molecule has 0 amide bonds. The molecule has 0 aliphatic heterocycles. The van der Waals surface area contributed by atoms with Crippen LogP contribution in [-0.4, -0.2) is 0 Å². The van der Waals surface area contributed by atoms with E-state index in [-0.39, 0.29) is 0 Å². The van der Waals surface area contributed by atoms with Crippen LogP contribution < -0.4 is 0 Å². The summed E-state index contributed by atoms with van der Waals surface area (Å²) in [6.45, 7) is 6.82. The Bertz CT molecular complexity index is 809. The number of unbranched alkanes of at least 4 members (excludes halogenated alkanes) is 2. The van der Waals surface area contributed by atoms with Crippen LogP contribution in [-0.2, 0) is 6.42 Å². The van der Waals surface area contributed by atoms with Gasteiger partial charge < -0.3 is 0 Å². The van der Waals surface area contributed by atoms with Crippen molar-refractivity contribution in [3.05, 3.63) is 71.6 Å². The normalized spacial score (nSPS) is 26.7. The summed E-state index contributed by atoms with van der Waals surface area (Å²) in [5.41, 5.74) is 4.51. The average molecular weight is 434 g/mol. The van der Waals surface area contributed by atoms with Crippen molar-refractivity contribution in [2.75, 3.05) is 0 Å². The highest BCUT2D eigenvalue weighted by molar-refractivity contribution is 5.26. The number of rotatable bonds is 9. The number of allylic oxidation sites excluding steroid dienone is 5. The van der Waals surface area contributed by atoms with E-state index in [1.807, 2.05) is 0 Å². The Labute approximate surface area is 195 Å². The summed E-state index contributed by atoms with van der Waals surface area (Å²) in [6.07, 6.45) is 20.0. The Morgan fingerprint density at radius 2 is 1.62 bits per heavy atom. The van der Waals surface area contributed by atoms with Crippen LogP contribution in [0.15, 0.2) is 60.5 Å². The molecule has 2 aliphatic carbocycles. The van der Waals surface area contributed by atoms with Crippen molar-refractivity contribution >= 4 is 0 Å². The monoisotopic (exact) mass is 433 g/mol. The minimum Gasteiger partial charge on any atom is -0.195 e. The molecule has 0 radical (unpaired) electrons. The van der Waals surface area contributed by atoms with Crippen LogP contribution in [0.25, 0.3) is 0 Å². The SMILES string of the molecule is C=C([C@H]1CC[C@H](/C=C/C=C(\F)C#N)CC1)[C@H]1CC[C@H](c2ccc(CCCCC)cc2)CC1. The topological polar surface area (TPSA) is 23.8 Å². The minimum atomic E-state index is -0.721. The molecule has 1 nitrogen and oxygen atoms in total. The van der Waals surface area contributed by atoms with Crippen LogP contribution >= 0.6 is 0 Å². The predicted octanol–water partition coefficient (Wildman–Crippen LogP) is 8.99. The van der Waals surface area contributed by atoms with E-state index in [1.165, 1.54) is 93.1 Å². The zero-order chi connectivity index (χ0) is 22.8. The van der Waals surface area contributed by atoms with Gasteiger partial charge in [0.1, 0.15) is 6.07 Å². The van der Waals surface area contributed by atoms with Gasteiger partial charge in [-0.3, -0.25) is 0 Å². The van der Waals surface area contributed by atoms with Gasteiger partial charge >= 0.3 is 0 Å². The second-order valence-electron chi connectivity index (χ2n) is 9.95. The van der Waals surface area contributed by atoms with Crippen molar-refractivity contribution in [2.24, 2.45) is 17.8 Å². The maximum Gasteiger partial charge on any atom is 0.199 e. The third-order valence-electron chi connectivity index (χ3n) is 7.80. The molecule has 2 saturated carbocycles. The van der Waals surface area contributed by atoms with Crippen molar-refractivity contribution in [1.29, 1.82) is 5.26 Å². The molecule has 3 rings (SSSR count). The van der Waals surface area contributed by atoms with E-state index in [9.17, 15) is 4.39 Å². The Balaban J connectivity index is 1.41. The molecule has 1 aromatic carbocycles. The lowest BCUT2D eigenvalue weighted by Gasteiger charge is -2.36. The first-order valence-electron chi connectivity index (χ1n) is 12.8. The molecular formula is C30H40FN. The van der Waals surface area contributed by atoms with Crippen molar-refractivity contribution in [2.45, 2.75) is 89.9 Å². The highest BCUT2D eigenvalue weighted by Crippen LogP contribution is 2.43. The summed E-state index contributed by atoms with van der Waals surface area (Å²) in [6, 6.07) is 11.0. The first-order valence-corrected chi connectivity index (χ1v) is 12.8. The van der Waals surface area contributed by atoms with Crippen molar-refractivity contribution in [1.82, 2.24) is 0 Å². The first-order chi connectivity index (χ1) is 15.6. The number of benzene rings is 1. The molecule has 0 bridgehead atoms. The number of nitriles is 1. The van der Waals surface area contributed by atoms with Crippen LogP contribution in [0.4, 0.5) is 4.39 Å². The second kappa shape index (κ2) is 12.8. The fourth-order valence-electron chi connectivity index (χ4n) is 5.68. The maximum absolute atomic E-state index is 12.9. The molecule has 32 heavy (non-hydrogen) atoms. The lowest BCUT2D eigenvalue weighted by atomic mass is 9.70. The number of nitrogens with zero attached hydrogens (tertiary/aromatic N) is 1. The van der Waals surface area contributed by atoms with Gasteiger partial charge in [-0.05, 0) is 105 Å². The van der Waals surface area contributed by atoms with Crippen LogP contribution in [0, 0.1) is 29.1 Å². The number of hydrogen-bond donors (Lipinski definition) is 0. The molecule has 0 N–H and O–H groups in total. The third kappa shape index (κ3) is 7.19. The van der Waals surface area contributed by atoms with Crippen molar-refractivity contribution in [3.63, 3.8) is 0 Å². The van der Waals surface area contributed by atoms with E-state index in [4.69, 9.17) is 5.26 Å². The molecule has 2 aliphatic rings. The molecule has 0 unspecified atom stereocenters. The van der Waals surface area contributed by atoms with Gasteiger partial charge in [0.15, 0.2) is 5.83 Å². The molecule has 0 heterocycles. The minimum absolute atomic E-state index is 0.502. The molecule has 0 saturated heterocycles. The summed E-state index contributed by atoms with van der Waals surface area (Å²) in [7, 11) is 0. The average Bonchev–Trinajstić information content (AvgIpc) is 2.84. The largest absolute Gasteiger partial charge is 0.199 e. The zero-order valence-corrected chi connectivity index (χ0v) is 19.9. The summed E-state index contributed by atoms with van der Waals surface area (Å²) in [4.78, 5) is 0. The van der Waals surface area contributed by atoms with Crippen molar-refractivity contribution < 1.29 is 4.39 Å². The fraction of sp³-hybridized carbons (Fsp3) is 0.567. The van der Waals surface area contributed by atoms with Gasteiger partial charge in [0.25, 0.3) is 0 Å². The fourth-order valence-corrected chi connectivity index (χ4v) is 5.68. The van der Waals surface area contributed by atoms with E-state index in [2.05, 4.69) is 43.8 Å². The third-order valence-corrected chi connectivity index (χ3v) is 7.80. The number of aryl methyl sites for hydroxylation is 1. The second-order valence-corrected chi connectivity index (χ2v) is 9.95. The zero-order valence-electron chi connectivity index (χ0n) is 19.9. The Kier molecular flexibility index (Phi) is 9.79. The van der Waals surface area contributed by atoms with Gasteiger partial charge in [0.05, 0.1) is 0 Å². The van der Waals surface area contributed by atoms with E-state index >= 15 is 0 Å². The highest BCUT2D eigenvalue weighted by atomic mass is 19.1. The standard InChI is InChI=1S/C30H40FN/c1-3-4-5-7-24-12-16-28(17-13-24)29-20-18-27(19-21-29)23(2)26-14-10-25(11-15-26)8-6-9-30(31)22-32/h6,8-9,12-13,16-17,25-27,29H,2-5,7,10-11,14-15,18-21H2,1H3/b8-6+,30-9-/t25-,26-,27-,29-. The maximum atomic E-state index is 12.9. The predicted molar refractivity (Wildman–Crippen MR) is 133 cm³/mol. The van der Waals surface area contributed by atoms with Gasteiger partial charge in [-0.15, -0.1) is 0 Å². The van der Waals surface area contributed by atoms with E-state index in [1.54, 1.807) is 6.08 Å². The molecule has 172 valence electrons. The van der Waals surface area contributed by atoms with E-state index < -0.39 is 5.83 Å². The summed E-state index contributed by atoms with van der Waals surface area (Å²) >= 11 is 0. The lowest BCUT2D eigenvalue weighted by Crippen LogP contribution is -2.22. The summed E-state index contributed by atoms with van der Waals surface area (Å²) in [5.74, 6) is 1.83. The van der Waals surface area contributed by atoms with Crippen LogP contribution in [0.5, 0.6) is 0 Å². The van der Waals surface area contributed by atoms with Gasteiger partial charge in [0.2, 0.25) is 0 Å². The van der Waals surface area contributed by atoms with Crippen LogP contribution in [0.2, 0.25) is 0 Å². The van der Waals surface area contributed by atoms with Crippen molar-refractivity contribution in [3.8, 4) is 6.07 Å². The first kappa shape index (κ1) is 24.5. The summed E-state index contributed by atoms with van der Waals surface area (Å²) < 4.78 is 12.9. The van der Waals surface area contributed by atoms with E-state index in [0.717, 1.165) is 12.8 Å². The Hall–Kier alpha value is -2.14. The quantitative estimate of drug-likeness (QED) is 0.165. The van der Waals surface area contributed by atoms with Gasteiger partial charge in [0, 0.05) is 0 Å². The van der Waals surface area contributed by atoms with Gasteiger partial charge in [-0.25, -0.2) is 0 Å². The molecule has 2 heteroatoms. The molecular weight excluding hydrogens is 393 g/mol. The Morgan fingerprint density at radius 3 is 2.22 bits per heavy atom. The van der Waals surface area contributed by atoms with Crippen LogP contribution in [0.1, 0.15) is 94.6 Å². The molecule has 0 atom stereocenters. The van der Waals surface area contributed by atoms with Gasteiger partial charge in [-0.1, -0.05) is 68.3 Å². The molecule has 2 fully saturated rings. The molecule has 0 spiro atoms. The van der Waals surface area contributed by atoms with E-state index in [0.29, 0.717) is 23.7 Å². The van der Waals surface area contributed by atoms with Gasteiger partial charge in [-0.2, -0.15) is 9.65 Å². The molecule has 1 aromatic rings.